The van der Waals surface area contributed by atoms with E-state index in [1.807, 2.05) is 24.3 Å². The Kier molecular flexibility index (Phi) is 2.96. The Morgan fingerprint density at radius 3 is 2.69 bits per heavy atom. The Hall–Kier alpha value is -1.75. The van der Waals surface area contributed by atoms with Crippen LogP contribution in [0.2, 0.25) is 0 Å². The molecule has 1 saturated heterocycles. The molecule has 0 unspecified atom stereocenters. The molecule has 1 heterocycles. The van der Waals surface area contributed by atoms with Crippen molar-refractivity contribution >= 4 is 11.8 Å². The zero-order chi connectivity index (χ0) is 11.5. The molecule has 0 spiro atoms. The number of amides is 1. The fourth-order valence-electron chi connectivity index (χ4n) is 1.74. The van der Waals surface area contributed by atoms with Crippen molar-refractivity contribution in [2.75, 3.05) is 19.1 Å². The Bertz CT molecular complexity index is 377. The highest BCUT2D eigenvalue weighted by Gasteiger charge is 2.29. The van der Waals surface area contributed by atoms with E-state index in [0.717, 1.165) is 17.7 Å². The summed E-state index contributed by atoms with van der Waals surface area (Å²) in [5.74, 6) is 5.28. The minimum Gasteiger partial charge on any atom is -0.447 e. The van der Waals surface area contributed by atoms with Crippen LogP contribution in [0.15, 0.2) is 24.3 Å². The first kappa shape index (κ1) is 10.8. The number of anilines is 1. The zero-order valence-corrected chi connectivity index (χ0v) is 9.14. The number of carbonyl (C=O) groups is 1. The molecule has 1 fully saturated rings. The SMILES string of the molecule is CN1C(=O)OC[C@@H]1Cc1ccc(NN)cc1. The first-order valence-corrected chi connectivity index (χ1v) is 5.16. The molecule has 1 amide bonds. The first-order chi connectivity index (χ1) is 7.70. The van der Waals surface area contributed by atoms with E-state index in [9.17, 15) is 4.79 Å². The van der Waals surface area contributed by atoms with Crippen molar-refractivity contribution in [3.05, 3.63) is 29.8 Å². The van der Waals surface area contributed by atoms with Gasteiger partial charge in [-0.3, -0.25) is 5.84 Å². The second kappa shape index (κ2) is 4.40. The van der Waals surface area contributed by atoms with E-state index in [1.165, 1.54) is 0 Å². The summed E-state index contributed by atoms with van der Waals surface area (Å²) in [5, 5.41) is 0. The molecular formula is C11H15N3O2. The van der Waals surface area contributed by atoms with Crippen molar-refractivity contribution in [3.63, 3.8) is 0 Å². The van der Waals surface area contributed by atoms with Gasteiger partial charge in [0.05, 0.1) is 6.04 Å². The summed E-state index contributed by atoms with van der Waals surface area (Å²) in [5.41, 5.74) is 4.61. The maximum Gasteiger partial charge on any atom is 0.409 e. The van der Waals surface area contributed by atoms with E-state index >= 15 is 0 Å². The lowest BCUT2D eigenvalue weighted by Crippen LogP contribution is -2.31. The highest BCUT2D eigenvalue weighted by atomic mass is 16.6. The van der Waals surface area contributed by atoms with Gasteiger partial charge < -0.3 is 15.1 Å². The fraction of sp³-hybridized carbons (Fsp3) is 0.364. The van der Waals surface area contributed by atoms with E-state index in [2.05, 4.69) is 5.43 Å². The van der Waals surface area contributed by atoms with Crippen LogP contribution in [0.3, 0.4) is 0 Å². The van der Waals surface area contributed by atoms with Gasteiger partial charge in [0.15, 0.2) is 0 Å². The number of benzene rings is 1. The molecule has 1 aromatic rings. The van der Waals surface area contributed by atoms with Crippen molar-refractivity contribution in [1.82, 2.24) is 4.90 Å². The van der Waals surface area contributed by atoms with Crippen LogP contribution in [0.4, 0.5) is 10.5 Å². The molecule has 0 bridgehead atoms. The van der Waals surface area contributed by atoms with Crippen LogP contribution >= 0.6 is 0 Å². The monoisotopic (exact) mass is 221 g/mol. The van der Waals surface area contributed by atoms with Gasteiger partial charge in [-0.05, 0) is 24.1 Å². The molecule has 86 valence electrons. The number of ether oxygens (including phenoxy) is 1. The molecule has 1 aliphatic rings. The standard InChI is InChI=1S/C11H15N3O2/c1-14-10(7-16-11(14)15)6-8-2-4-9(13-12)5-3-8/h2-5,10,13H,6-7,12H2,1H3/t10-/m0/s1. The van der Waals surface area contributed by atoms with Gasteiger partial charge in [-0.2, -0.15) is 0 Å². The van der Waals surface area contributed by atoms with Crippen LogP contribution in [0, 0.1) is 0 Å². The molecule has 5 nitrogen and oxygen atoms in total. The van der Waals surface area contributed by atoms with Gasteiger partial charge >= 0.3 is 6.09 Å². The summed E-state index contributed by atoms with van der Waals surface area (Å²) in [7, 11) is 1.76. The third-order valence-electron chi connectivity index (χ3n) is 2.83. The van der Waals surface area contributed by atoms with Crippen LogP contribution in [0.25, 0.3) is 0 Å². The van der Waals surface area contributed by atoms with Crippen molar-refractivity contribution < 1.29 is 9.53 Å². The normalized spacial score (nSPS) is 19.8. The number of cyclic esters (lactones) is 1. The van der Waals surface area contributed by atoms with Gasteiger partial charge in [-0.15, -0.1) is 0 Å². The van der Waals surface area contributed by atoms with Gasteiger partial charge in [-0.1, -0.05) is 12.1 Å². The summed E-state index contributed by atoms with van der Waals surface area (Å²) < 4.78 is 4.95. The Morgan fingerprint density at radius 1 is 1.50 bits per heavy atom. The predicted molar refractivity (Wildman–Crippen MR) is 60.9 cm³/mol. The second-order valence-electron chi connectivity index (χ2n) is 3.89. The lowest BCUT2D eigenvalue weighted by Gasteiger charge is -2.15. The Labute approximate surface area is 94.1 Å². The molecular weight excluding hydrogens is 206 g/mol. The summed E-state index contributed by atoms with van der Waals surface area (Å²) in [6, 6.07) is 7.93. The second-order valence-corrected chi connectivity index (χ2v) is 3.89. The van der Waals surface area contributed by atoms with Crippen LogP contribution in [0.1, 0.15) is 5.56 Å². The van der Waals surface area contributed by atoms with Crippen molar-refractivity contribution in [1.29, 1.82) is 0 Å². The molecule has 1 atom stereocenters. The van der Waals surface area contributed by atoms with Gasteiger partial charge in [0.25, 0.3) is 0 Å². The smallest absolute Gasteiger partial charge is 0.409 e. The van der Waals surface area contributed by atoms with Crippen LogP contribution in [-0.2, 0) is 11.2 Å². The highest BCUT2D eigenvalue weighted by molar-refractivity contribution is 5.69. The third-order valence-corrected chi connectivity index (χ3v) is 2.83. The van der Waals surface area contributed by atoms with E-state index in [4.69, 9.17) is 10.6 Å². The zero-order valence-electron chi connectivity index (χ0n) is 9.14. The van der Waals surface area contributed by atoms with Crippen molar-refractivity contribution in [2.45, 2.75) is 12.5 Å². The fourth-order valence-corrected chi connectivity index (χ4v) is 1.74. The summed E-state index contributed by atoms with van der Waals surface area (Å²) in [6.45, 7) is 0.465. The molecule has 0 saturated carbocycles. The number of hydrogen-bond donors (Lipinski definition) is 2. The number of hydrogen-bond acceptors (Lipinski definition) is 4. The lowest BCUT2D eigenvalue weighted by atomic mass is 10.1. The first-order valence-electron chi connectivity index (χ1n) is 5.16. The van der Waals surface area contributed by atoms with Gasteiger partial charge in [0, 0.05) is 12.7 Å². The lowest BCUT2D eigenvalue weighted by molar-refractivity contribution is 0.163. The molecule has 16 heavy (non-hydrogen) atoms. The molecule has 2 rings (SSSR count). The summed E-state index contributed by atoms with van der Waals surface area (Å²) in [4.78, 5) is 12.8. The maximum atomic E-state index is 11.2. The quantitative estimate of drug-likeness (QED) is 0.589. The van der Waals surface area contributed by atoms with Gasteiger partial charge in [0.1, 0.15) is 6.61 Å². The summed E-state index contributed by atoms with van der Waals surface area (Å²) in [6.07, 6.45) is 0.554. The van der Waals surface area contributed by atoms with E-state index in [-0.39, 0.29) is 12.1 Å². The molecule has 5 heteroatoms. The third kappa shape index (κ3) is 2.09. The number of nitrogen functional groups attached to an aromatic ring is 1. The van der Waals surface area contributed by atoms with Crippen LogP contribution < -0.4 is 11.3 Å². The van der Waals surface area contributed by atoms with Crippen molar-refractivity contribution in [2.24, 2.45) is 5.84 Å². The maximum absolute atomic E-state index is 11.2. The highest BCUT2D eigenvalue weighted by Crippen LogP contribution is 2.16. The minimum atomic E-state index is -0.245. The number of nitrogens with two attached hydrogens (primary N) is 1. The average molecular weight is 221 g/mol. The number of nitrogens with zero attached hydrogens (tertiary/aromatic N) is 1. The van der Waals surface area contributed by atoms with Crippen molar-refractivity contribution in [3.8, 4) is 0 Å². The summed E-state index contributed by atoms with van der Waals surface area (Å²) >= 11 is 0. The molecule has 0 aromatic heterocycles. The largest absolute Gasteiger partial charge is 0.447 e. The number of carbonyl (C=O) groups excluding carboxylic acids is 1. The number of rotatable bonds is 3. The number of hydrazine groups is 1. The van der Waals surface area contributed by atoms with Gasteiger partial charge in [-0.25, -0.2) is 4.79 Å². The van der Waals surface area contributed by atoms with Crippen LogP contribution in [0.5, 0.6) is 0 Å². The number of likely N-dealkylation sites (N-methyl/N-ethyl adjacent to an activating group) is 1. The Balaban J connectivity index is 2.01. The topological polar surface area (TPSA) is 67.6 Å². The predicted octanol–water partition coefficient (Wildman–Crippen LogP) is 0.965. The van der Waals surface area contributed by atoms with E-state index in [1.54, 1.807) is 11.9 Å². The molecule has 1 aromatic carbocycles. The Morgan fingerprint density at radius 2 is 2.19 bits per heavy atom. The average Bonchev–Trinajstić information content (AvgIpc) is 2.62. The number of nitrogens with one attached hydrogen (secondary N) is 1. The molecule has 0 aliphatic carbocycles. The van der Waals surface area contributed by atoms with E-state index < -0.39 is 0 Å². The molecule has 1 aliphatic heterocycles. The van der Waals surface area contributed by atoms with Gasteiger partial charge in [0.2, 0.25) is 0 Å². The molecule has 0 radical (unpaired) electrons. The minimum absolute atomic E-state index is 0.129. The van der Waals surface area contributed by atoms with Crippen LogP contribution in [-0.4, -0.2) is 30.7 Å². The van der Waals surface area contributed by atoms with E-state index in [0.29, 0.717) is 6.61 Å². The molecule has 3 N–H and O–H groups in total.